The average molecular weight is 359 g/mol. The van der Waals surface area contributed by atoms with Crippen LogP contribution in [0.5, 0.6) is 0 Å². The van der Waals surface area contributed by atoms with Crippen molar-refractivity contribution in [1.29, 1.82) is 0 Å². The maximum atomic E-state index is 12.4. The van der Waals surface area contributed by atoms with Gasteiger partial charge in [-0.25, -0.2) is 4.79 Å². The standard InChI is InChI=1S/C21H13NO5/c23-20-17-7-2-1-6-16(17)19-11-14(8-9-18(19)20)21(24)27-12-13-4-3-5-15(10-13)22(25)26/h1-11H,12H2. The first-order chi connectivity index (χ1) is 13.0. The molecule has 0 heterocycles. The van der Waals surface area contributed by atoms with Gasteiger partial charge in [-0.05, 0) is 34.9 Å². The van der Waals surface area contributed by atoms with Gasteiger partial charge >= 0.3 is 5.97 Å². The van der Waals surface area contributed by atoms with Crippen LogP contribution in [0.1, 0.15) is 31.8 Å². The predicted octanol–water partition coefficient (Wildman–Crippen LogP) is 4.16. The minimum Gasteiger partial charge on any atom is -0.457 e. The minimum atomic E-state index is -0.555. The van der Waals surface area contributed by atoms with Gasteiger partial charge in [-0.1, -0.05) is 36.4 Å². The number of non-ortho nitro benzene ring substituents is 1. The van der Waals surface area contributed by atoms with Gasteiger partial charge in [-0.15, -0.1) is 0 Å². The zero-order valence-corrected chi connectivity index (χ0v) is 14.0. The molecule has 4 rings (SSSR count). The van der Waals surface area contributed by atoms with Crippen LogP contribution in [-0.4, -0.2) is 16.7 Å². The predicted molar refractivity (Wildman–Crippen MR) is 97.5 cm³/mol. The van der Waals surface area contributed by atoms with Gasteiger partial charge in [0, 0.05) is 23.3 Å². The largest absolute Gasteiger partial charge is 0.457 e. The Morgan fingerprint density at radius 2 is 1.63 bits per heavy atom. The second kappa shape index (κ2) is 6.49. The monoisotopic (exact) mass is 359 g/mol. The fraction of sp³-hybridized carbons (Fsp3) is 0.0476. The summed E-state index contributed by atoms with van der Waals surface area (Å²) in [6.45, 7) is -0.0763. The van der Waals surface area contributed by atoms with Crippen molar-refractivity contribution >= 4 is 17.4 Å². The van der Waals surface area contributed by atoms with E-state index in [-0.39, 0.29) is 18.1 Å². The molecular weight excluding hydrogens is 346 g/mol. The van der Waals surface area contributed by atoms with E-state index in [1.165, 1.54) is 12.1 Å². The van der Waals surface area contributed by atoms with Crippen molar-refractivity contribution < 1.29 is 19.2 Å². The van der Waals surface area contributed by atoms with Crippen LogP contribution in [-0.2, 0) is 11.3 Å². The molecule has 6 heteroatoms. The number of benzene rings is 3. The van der Waals surface area contributed by atoms with Crippen molar-refractivity contribution in [3.8, 4) is 11.1 Å². The SMILES string of the molecule is O=C(OCc1cccc([N+](=O)[O-])c1)c1ccc2c(c1)-c1ccccc1C2=O. The van der Waals surface area contributed by atoms with Crippen LogP contribution in [0, 0.1) is 10.1 Å². The van der Waals surface area contributed by atoms with Crippen molar-refractivity contribution in [3.63, 3.8) is 0 Å². The van der Waals surface area contributed by atoms with Crippen molar-refractivity contribution in [1.82, 2.24) is 0 Å². The van der Waals surface area contributed by atoms with Crippen LogP contribution >= 0.6 is 0 Å². The molecule has 0 amide bonds. The quantitative estimate of drug-likeness (QED) is 0.310. The number of fused-ring (bicyclic) bond motifs is 3. The molecule has 0 atom stereocenters. The number of hydrogen-bond acceptors (Lipinski definition) is 5. The van der Waals surface area contributed by atoms with Crippen molar-refractivity contribution in [2.45, 2.75) is 6.61 Å². The molecule has 0 spiro atoms. The highest BCUT2D eigenvalue weighted by Gasteiger charge is 2.27. The zero-order chi connectivity index (χ0) is 19.0. The number of nitro benzene ring substituents is 1. The lowest BCUT2D eigenvalue weighted by Gasteiger charge is -2.07. The number of hydrogen-bond donors (Lipinski definition) is 0. The molecule has 0 unspecified atom stereocenters. The number of esters is 1. The van der Waals surface area contributed by atoms with Crippen molar-refractivity contribution in [2.24, 2.45) is 0 Å². The molecular formula is C21H13NO5. The molecule has 1 aliphatic carbocycles. The van der Waals surface area contributed by atoms with Gasteiger partial charge < -0.3 is 4.74 Å². The lowest BCUT2D eigenvalue weighted by molar-refractivity contribution is -0.384. The van der Waals surface area contributed by atoms with Crippen molar-refractivity contribution in [3.05, 3.63) is 99.1 Å². The second-order valence-corrected chi connectivity index (χ2v) is 6.14. The van der Waals surface area contributed by atoms with Gasteiger partial charge in [-0.2, -0.15) is 0 Å². The molecule has 0 N–H and O–H groups in total. The van der Waals surface area contributed by atoms with Crippen LogP contribution in [0.4, 0.5) is 5.69 Å². The van der Waals surface area contributed by atoms with Gasteiger partial charge in [0.25, 0.3) is 5.69 Å². The van der Waals surface area contributed by atoms with E-state index < -0.39 is 10.9 Å². The smallest absolute Gasteiger partial charge is 0.338 e. The molecule has 6 nitrogen and oxygen atoms in total. The molecule has 0 saturated heterocycles. The Labute approximate surface area is 154 Å². The Bertz CT molecular complexity index is 1100. The Morgan fingerprint density at radius 3 is 2.41 bits per heavy atom. The molecule has 0 saturated carbocycles. The van der Waals surface area contributed by atoms with Gasteiger partial charge in [-0.3, -0.25) is 14.9 Å². The molecule has 0 bridgehead atoms. The molecule has 0 radical (unpaired) electrons. The molecule has 1 aliphatic rings. The Hall–Kier alpha value is -3.80. The third-order valence-corrected chi connectivity index (χ3v) is 4.45. The first-order valence-electron chi connectivity index (χ1n) is 8.23. The maximum absolute atomic E-state index is 12.4. The van der Waals surface area contributed by atoms with Gasteiger partial charge in [0.2, 0.25) is 0 Å². The van der Waals surface area contributed by atoms with Crippen LogP contribution in [0.15, 0.2) is 66.7 Å². The van der Waals surface area contributed by atoms with Gasteiger partial charge in [0.05, 0.1) is 10.5 Å². The summed E-state index contributed by atoms with van der Waals surface area (Å²) in [6, 6.07) is 18.0. The fourth-order valence-electron chi connectivity index (χ4n) is 3.15. The third kappa shape index (κ3) is 2.97. The molecule has 0 fully saturated rings. The van der Waals surface area contributed by atoms with Crippen LogP contribution in [0.25, 0.3) is 11.1 Å². The number of ketones is 1. The fourth-order valence-corrected chi connectivity index (χ4v) is 3.15. The number of nitrogens with zero attached hydrogens (tertiary/aromatic N) is 1. The molecule has 27 heavy (non-hydrogen) atoms. The summed E-state index contributed by atoms with van der Waals surface area (Å²) in [6.07, 6.45) is 0. The molecule has 0 aromatic heterocycles. The normalized spacial score (nSPS) is 11.6. The highest BCUT2D eigenvalue weighted by Crippen LogP contribution is 2.36. The van der Waals surface area contributed by atoms with E-state index in [2.05, 4.69) is 0 Å². The summed E-state index contributed by atoms with van der Waals surface area (Å²) in [5.74, 6) is -0.613. The van der Waals surface area contributed by atoms with E-state index in [0.717, 1.165) is 5.56 Å². The third-order valence-electron chi connectivity index (χ3n) is 4.45. The molecule has 3 aromatic carbocycles. The summed E-state index contributed by atoms with van der Waals surface area (Å²) in [5, 5.41) is 10.8. The maximum Gasteiger partial charge on any atom is 0.338 e. The van der Waals surface area contributed by atoms with E-state index in [4.69, 9.17) is 4.74 Å². The number of carbonyl (C=O) groups excluding carboxylic acids is 2. The first kappa shape index (κ1) is 16.7. The molecule has 3 aromatic rings. The first-order valence-corrected chi connectivity index (χ1v) is 8.23. The lowest BCUT2D eigenvalue weighted by Crippen LogP contribution is -2.06. The summed E-state index contributed by atoms with van der Waals surface area (Å²) in [5.41, 5.74) is 3.48. The Kier molecular flexibility index (Phi) is 4.01. The van der Waals surface area contributed by atoms with E-state index >= 15 is 0 Å². The summed E-state index contributed by atoms with van der Waals surface area (Å²) >= 11 is 0. The van der Waals surface area contributed by atoms with Gasteiger partial charge in [0.15, 0.2) is 5.78 Å². The number of nitro groups is 1. The number of ether oxygens (including phenoxy) is 1. The van der Waals surface area contributed by atoms with E-state index in [0.29, 0.717) is 27.8 Å². The van der Waals surface area contributed by atoms with Crippen LogP contribution in [0.3, 0.4) is 0 Å². The average Bonchev–Trinajstić information content (AvgIpc) is 2.98. The summed E-state index contributed by atoms with van der Waals surface area (Å²) in [4.78, 5) is 35.1. The van der Waals surface area contributed by atoms with Crippen LogP contribution in [0.2, 0.25) is 0 Å². The van der Waals surface area contributed by atoms with E-state index in [1.54, 1.807) is 42.5 Å². The summed E-state index contributed by atoms with van der Waals surface area (Å²) < 4.78 is 5.28. The highest BCUT2D eigenvalue weighted by atomic mass is 16.6. The second-order valence-electron chi connectivity index (χ2n) is 6.14. The number of rotatable bonds is 4. The zero-order valence-electron chi connectivity index (χ0n) is 14.0. The highest BCUT2D eigenvalue weighted by molar-refractivity contribution is 6.22. The Morgan fingerprint density at radius 1 is 0.889 bits per heavy atom. The minimum absolute atomic E-state index is 0.0582. The van der Waals surface area contributed by atoms with Gasteiger partial charge in [0.1, 0.15) is 6.61 Å². The lowest BCUT2D eigenvalue weighted by atomic mass is 10.0. The Balaban J connectivity index is 1.55. The van der Waals surface area contributed by atoms with Crippen LogP contribution < -0.4 is 0 Å². The molecule has 0 aliphatic heterocycles. The number of carbonyl (C=O) groups is 2. The molecule has 132 valence electrons. The van der Waals surface area contributed by atoms with E-state index in [1.807, 2.05) is 12.1 Å². The van der Waals surface area contributed by atoms with E-state index in [9.17, 15) is 19.7 Å². The topological polar surface area (TPSA) is 86.5 Å². The van der Waals surface area contributed by atoms with Crippen molar-refractivity contribution in [2.75, 3.05) is 0 Å². The summed E-state index contributed by atoms with van der Waals surface area (Å²) in [7, 11) is 0.